The number of benzene rings is 1. The molecule has 0 amide bonds. The predicted octanol–water partition coefficient (Wildman–Crippen LogP) is 0.188. The molecule has 0 unspecified atom stereocenters. The van der Waals surface area contributed by atoms with Gasteiger partial charge in [0.15, 0.2) is 6.10 Å². The molecule has 0 saturated carbocycles. The van der Waals surface area contributed by atoms with Gasteiger partial charge < -0.3 is 29.5 Å². The number of phenolic OH excluding ortho intramolecular Hbond substituents is 1. The van der Waals surface area contributed by atoms with E-state index in [1.807, 2.05) is 0 Å². The van der Waals surface area contributed by atoms with Crippen LogP contribution in [-0.2, 0) is 23.8 Å². The quantitative estimate of drug-likeness (QED) is 0.652. The van der Waals surface area contributed by atoms with Crippen molar-refractivity contribution in [3.05, 3.63) is 29.6 Å². The normalized spacial score (nSPS) is 29.1. The van der Waals surface area contributed by atoms with Crippen molar-refractivity contribution in [2.45, 2.75) is 44.4 Å². The minimum absolute atomic E-state index is 0.194. The lowest BCUT2D eigenvalue weighted by atomic mass is 9.90. The lowest BCUT2D eigenvalue weighted by Gasteiger charge is -2.42. The van der Waals surface area contributed by atoms with E-state index in [-0.39, 0.29) is 17.9 Å². The van der Waals surface area contributed by atoms with Gasteiger partial charge in [-0.15, -0.1) is 0 Å². The monoisotopic (exact) mass is 358 g/mol. The van der Waals surface area contributed by atoms with Gasteiger partial charge in [0.1, 0.15) is 42.6 Å². The highest BCUT2D eigenvalue weighted by Crippen LogP contribution is 2.36. The summed E-state index contributed by atoms with van der Waals surface area (Å²) in [4.78, 5) is 22.2. The second-order valence-electron chi connectivity index (χ2n) is 5.66. The Kier molecular flexibility index (Phi) is 5.93. The predicted molar refractivity (Wildman–Crippen MR) is 79.9 cm³/mol. The van der Waals surface area contributed by atoms with Crippen LogP contribution < -0.4 is 0 Å². The summed E-state index contributed by atoms with van der Waals surface area (Å²) in [6.07, 6.45) is -7.09. The number of hydrogen-bond acceptors (Lipinski definition) is 8. The third-order valence-corrected chi connectivity index (χ3v) is 3.72. The molecular formula is C16H19FO8. The number of aliphatic hydroxyl groups excluding tert-OH is 2. The van der Waals surface area contributed by atoms with E-state index in [1.54, 1.807) is 0 Å². The van der Waals surface area contributed by atoms with Gasteiger partial charge in [-0.1, -0.05) is 0 Å². The Morgan fingerprint density at radius 2 is 1.88 bits per heavy atom. The van der Waals surface area contributed by atoms with E-state index < -0.39 is 48.3 Å². The highest BCUT2D eigenvalue weighted by molar-refractivity contribution is 5.66. The molecule has 138 valence electrons. The lowest BCUT2D eigenvalue weighted by molar-refractivity contribution is -0.243. The first kappa shape index (κ1) is 19.1. The second kappa shape index (κ2) is 7.77. The summed E-state index contributed by atoms with van der Waals surface area (Å²) in [6, 6.07) is 3.14. The van der Waals surface area contributed by atoms with Crippen LogP contribution in [0.2, 0.25) is 0 Å². The van der Waals surface area contributed by atoms with Crippen molar-refractivity contribution in [2.75, 3.05) is 6.61 Å². The van der Waals surface area contributed by atoms with Crippen LogP contribution in [0.4, 0.5) is 4.39 Å². The van der Waals surface area contributed by atoms with Crippen molar-refractivity contribution in [3.63, 3.8) is 0 Å². The highest BCUT2D eigenvalue weighted by Gasteiger charge is 2.48. The van der Waals surface area contributed by atoms with Crippen molar-refractivity contribution in [3.8, 4) is 5.75 Å². The zero-order valence-corrected chi connectivity index (χ0v) is 13.6. The van der Waals surface area contributed by atoms with Crippen LogP contribution in [0.25, 0.3) is 0 Å². The molecule has 25 heavy (non-hydrogen) atoms. The summed E-state index contributed by atoms with van der Waals surface area (Å²) in [7, 11) is 0. The van der Waals surface area contributed by atoms with E-state index in [0.29, 0.717) is 0 Å². The molecule has 1 fully saturated rings. The van der Waals surface area contributed by atoms with E-state index in [1.165, 1.54) is 0 Å². The number of hydrogen-bond donors (Lipinski definition) is 3. The minimum Gasteiger partial charge on any atom is -0.508 e. The van der Waals surface area contributed by atoms with Crippen molar-refractivity contribution in [1.82, 2.24) is 0 Å². The minimum atomic E-state index is -1.64. The fourth-order valence-electron chi connectivity index (χ4n) is 2.62. The van der Waals surface area contributed by atoms with Crippen LogP contribution >= 0.6 is 0 Å². The third-order valence-electron chi connectivity index (χ3n) is 3.72. The van der Waals surface area contributed by atoms with Crippen LogP contribution in [0.1, 0.15) is 25.5 Å². The van der Waals surface area contributed by atoms with E-state index in [2.05, 4.69) is 0 Å². The first-order valence-electron chi connectivity index (χ1n) is 7.51. The Hall–Kier alpha value is -2.23. The Morgan fingerprint density at radius 3 is 2.48 bits per heavy atom. The molecule has 0 bridgehead atoms. The molecule has 8 nitrogen and oxygen atoms in total. The van der Waals surface area contributed by atoms with Crippen LogP contribution in [0.15, 0.2) is 18.2 Å². The number of rotatable bonds is 4. The molecule has 1 aromatic rings. The van der Waals surface area contributed by atoms with Crippen molar-refractivity contribution >= 4 is 11.9 Å². The maximum absolute atomic E-state index is 14.0. The Labute approximate surface area is 142 Å². The second-order valence-corrected chi connectivity index (χ2v) is 5.66. The fraction of sp³-hybridized carbons (Fsp3) is 0.500. The number of aliphatic hydroxyl groups is 2. The van der Waals surface area contributed by atoms with E-state index >= 15 is 0 Å². The van der Waals surface area contributed by atoms with Gasteiger partial charge in [0.25, 0.3) is 0 Å². The number of carbonyl (C=O) groups excluding carboxylic acids is 2. The van der Waals surface area contributed by atoms with Gasteiger partial charge in [-0.05, 0) is 18.2 Å². The largest absolute Gasteiger partial charge is 0.508 e. The molecule has 2 rings (SSSR count). The summed E-state index contributed by atoms with van der Waals surface area (Å²) in [5, 5.41) is 30.1. The summed E-state index contributed by atoms with van der Waals surface area (Å²) in [5.41, 5.74) is -0.194. The van der Waals surface area contributed by atoms with Gasteiger partial charge in [0.2, 0.25) is 0 Å². The Bertz CT molecular complexity index is 649. The average molecular weight is 358 g/mol. The third kappa shape index (κ3) is 4.44. The van der Waals surface area contributed by atoms with Gasteiger partial charge in [-0.2, -0.15) is 0 Å². The molecule has 1 heterocycles. The van der Waals surface area contributed by atoms with Crippen molar-refractivity contribution < 1.29 is 43.5 Å². The zero-order valence-electron chi connectivity index (χ0n) is 13.6. The van der Waals surface area contributed by atoms with Gasteiger partial charge in [-0.3, -0.25) is 9.59 Å². The van der Waals surface area contributed by atoms with E-state index in [9.17, 15) is 29.3 Å². The highest BCUT2D eigenvalue weighted by atomic mass is 19.1. The number of aromatic hydroxyl groups is 1. The molecule has 9 heteroatoms. The molecule has 0 spiro atoms. The van der Waals surface area contributed by atoms with Crippen LogP contribution in [0.5, 0.6) is 5.75 Å². The molecule has 0 radical (unpaired) electrons. The summed E-state index contributed by atoms with van der Waals surface area (Å²) in [5.74, 6) is -2.41. The average Bonchev–Trinajstić information content (AvgIpc) is 2.53. The molecule has 1 aliphatic heterocycles. The SMILES string of the molecule is CC(=O)OC[C@H]1O[C@H](c2cc(O)ccc2F)[C@@H](O)[C@@H](O)[C@@H]1OC(C)=O. The molecule has 3 N–H and O–H groups in total. The first-order valence-corrected chi connectivity index (χ1v) is 7.51. The molecule has 1 saturated heterocycles. The van der Waals surface area contributed by atoms with Gasteiger partial charge >= 0.3 is 11.9 Å². The number of carbonyl (C=O) groups is 2. The van der Waals surface area contributed by atoms with Crippen LogP contribution in [0, 0.1) is 5.82 Å². The van der Waals surface area contributed by atoms with Gasteiger partial charge in [0.05, 0.1) is 0 Å². The van der Waals surface area contributed by atoms with Gasteiger partial charge in [-0.25, -0.2) is 4.39 Å². The lowest BCUT2D eigenvalue weighted by Crippen LogP contribution is -2.57. The van der Waals surface area contributed by atoms with Crippen LogP contribution in [0.3, 0.4) is 0 Å². The molecule has 1 aromatic carbocycles. The summed E-state index contributed by atoms with van der Waals surface area (Å²) < 4.78 is 29.4. The van der Waals surface area contributed by atoms with Gasteiger partial charge in [0, 0.05) is 19.4 Å². The Balaban J connectivity index is 2.32. The first-order chi connectivity index (χ1) is 11.7. The standard InChI is InChI=1S/C16H19FO8/c1-7(18)23-6-12-16(24-8(2)19)14(22)13(21)15(25-12)10-5-9(20)3-4-11(10)17/h3-5,12-16,20-22H,6H2,1-2H3/t12-,13+,14-,15-,16-/m1/s1. The van der Waals surface area contributed by atoms with Crippen molar-refractivity contribution in [1.29, 1.82) is 0 Å². The van der Waals surface area contributed by atoms with Crippen LogP contribution in [-0.4, -0.2) is 58.3 Å². The molecule has 0 aliphatic carbocycles. The maximum atomic E-state index is 14.0. The molecule has 1 aliphatic rings. The molecule has 5 atom stereocenters. The van der Waals surface area contributed by atoms with E-state index in [4.69, 9.17) is 14.2 Å². The number of phenols is 1. The smallest absolute Gasteiger partial charge is 0.303 e. The maximum Gasteiger partial charge on any atom is 0.303 e. The number of halogens is 1. The zero-order chi connectivity index (χ0) is 18.7. The Morgan fingerprint density at radius 1 is 1.20 bits per heavy atom. The fourth-order valence-corrected chi connectivity index (χ4v) is 2.62. The summed E-state index contributed by atoms with van der Waals surface area (Å²) in [6.45, 7) is 1.87. The summed E-state index contributed by atoms with van der Waals surface area (Å²) >= 11 is 0. The number of esters is 2. The topological polar surface area (TPSA) is 123 Å². The van der Waals surface area contributed by atoms with E-state index in [0.717, 1.165) is 32.0 Å². The van der Waals surface area contributed by atoms with Crippen molar-refractivity contribution in [2.24, 2.45) is 0 Å². The number of ether oxygens (including phenoxy) is 3. The molecular weight excluding hydrogens is 339 g/mol. The molecule has 0 aromatic heterocycles.